The molecular weight excluding hydrogens is 304 g/mol. The molecule has 1 aliphatic rings. The molecule has 1 aromatic carbocycles. The van der Waals surface area contributed by atoms with Crippen molar-refractivity contribution in [3.05, 3.63) is 29.3 Å². The van der Waals surface area contributed by atoms with Gasteiger partial charge in [-0.2, -0.15) is 0 Å². The Hall–Kier alpha value is -1.44. The van der Waals surface area contributed by atoms with Gasteiger partial charge in [0.15, 0.2) is 0 Å². The molecule has 22 heavy (non-hydrogen) atoms. The highest BCUT2D eigenvalue weighted by Crippen LogP contribution is 2.31. The molecule has 2 rings (SSSR count). The number of aryl methyl sites for hydroxylation is 1. The topological polar surface area (TPSA) is 109 Å². The summed E-state index contributed by atoms with van der Waals surface area (Å²) in [7, 11) is -3.84. The SMILES string of the molecule is CCC(NC(=O)c1cc(S(N)(=O)=O)ccc1C)C1CC(O)C1. The van der Waals surface area contributed by atoms with Crippen molar-refractivity contribution in [3.8, 4) is 0 Å². The average molecular weight is 326 g/mol. The zero-order valence-corrected chi connectivity index (χ0v) is 13.6. The van der Waals surface area contributed by atoms with E-state index < -0.39 is 10.0 Å². The van der Waals surface area contributed by atoms with Crippen molar-refractivity contribution in [2.45, 2.75) is 50.2 Å². The fraction of sp³-hybridized carbons (Fsp3) is 0.533. The zero-order valence-electron chi connectivity index (χ0n) is 12.7. The first-order valence-corrected chi connectivity index (χ1v) is 8.89. The number of nitrogens with one attached hydrogen (secondary N) is 1. The first-order valence-electron chi connectivity index (χ1n) is 7.34. The maximum Gasteiger partial charge on any atom is 0.251 e. The molecule has 7 heteroatoms. The summed E-state index contributed by atoms with van der Waals surface area (Å²) in [4.78, 5) is 12.4. The van der Waals surface area contributed by atoms with Crippen LogP contribution in [0.3, 0.4) is 0 Å². The molecule has 1 unspecified atom stereocenters. The molecule has 0 aliphatic heterocycles. The monoisotopic (exact) mass is 326 g/mol. The van der Waals surface area contributed by atoms with Crippen LogP contribution in [-0.2, 0) is 10.0 Å². The molecule has 0 radical (unpaired) electrons. The van der Waals surface area contributed by atoms with E-state index in [-0.39, 0.29) is 28.9 Å². The van der Waals surface area contributed by atoms with E-state index in [0.717, 1.165) is 6.42 Å². The minimum atomic E-state index is -3.84. The molecule has 1 atom stereocenters. The first kappa shape index (κ1) is 16.9. The summed E-state index contributed by atoms with van der Waals surface area (Å²) in [6, 6.07) is 4.25. The second kappa shape index (κ2) is 6.36. The quantitative estimate of drug-likeness (QED) is 0.747. The number of hydrogen-bond donors (Lipinski definition) is 3. The van der Waals surface area contributed by atoms with Crippen LogP contribution in [0.5, 0.6) is 0 Å². The molecule has 0 aromatic heterocycles. The Bertz CT molecular complexity index is 666. The van der Waals surface area contributed by atoms with Crippen molar-refractivity contribution in [2.24, 2.45) is 11.1 Å². The van der Waals surface area contributed by atoms with Crippen LogP contribution in [0.15, 0.2) is 23.1 Å². The second-order valence-electron chi connectivity index (χ2n) is 5.90. The summed E-state index contributed by atoms with van der Waals surface area (Å²) in [6.45, 7) is 3.72. The lowest BCUT2D eigenvalue weighted by Crippen LogP contribution is -2.46. The standard InChI is InChI=1S/C15H22N2O4S/c1-3-14(10-6-11(18)7-10)17-15(19)13-8-12(22(16,20)21)5-4-9(13)2/h4-5,8,10-11,14,18H,3,6-7H2,1-2H3,(H,17,19)(H2,16,20,21). The largest absolute Gasteiger partial charge is 0.393 e. The predicted molar refractivity (Wildman–Crippen MR) is 82.8 cm³/mol. The van der Waals surface area contributed by atoms with E-state index in [1.807, 2.05) is 6.92 Å². The molecule has 1 amide bonds. The number of nitrogens with two attached hydrogens (primary N) is 1. The number of primary sulfonamides is 1. The lowest BCUT2D eigenvalue weighted by atomic mass is 9.76. The Kier molecular flexibility index (Phi) is 4.89. The predicted octanol–water partition coefficient (Wildman–Crippen LogP) is 0.922. The molecule has 0 heterocycles. The van der Waals surface area contributed by atoms with Gasteiger partial charge >= 0.3 is 0 Å². The Morgan fingerprint density at radius 1 is 1.45 bits per heavy atom. The second-order valence-corrected chi connectivity index (χ2v) is 7.46. The lowest BCUT2D eigenvalue weighted by Gasteiger charge is -2.37. The van der Waals surface area contributed by atoms with Gasteiger partial charge in [-0.3, -0.25) is 4.79 Å². The van der Waals surface area contributed by atoms with E-state index >= 15 is 0 Å². The Balaban J connectivity index is 2.18. The minimum absolute atomic E-state index is 0.0200. The average Bonchev–Trinajstić information content (AvgIpc) is 2.40. The van der Waals surface area contributed by atoms with Gasteiger partial charge < -0.3 is 10.4 Å². The number of hydrogen-bond acceptors (Lipinski definition) is 4. The summed E-state index contributed by atoms with van der Waals surface area (Å²) < 4.78 is 22.8. The molecule has 6 nitrogen and oxygen atoms in total. The maximum atomic E-state index is 12.4. The molecule has 4 N–H and O–H groups in total. The molecule has 1 fully saturated rings. The van der Waals surface area contributed by atoms with Gasteiger partial charge in [0, 0.05) is 11.6 Å². The Labute approximate surface area is 130 Å². The number of carbonyl (C=O) groups excluding carboxylic acids is 1. The summed E-state index contributed by atoms with van der Waals surface area (Å²) in [5, 5.41) is 17.4. The van der Waals surface area contributed by atoms with Gasteiger partial charge in [0.05, 0.1) is 11.0 Å². The van der Waals surface area contributed by atoms with Crippen molar-refractivity contribution in [1.29, 1.82) is 0 Å². The number of aliphatic hydroxyl groups excluding tert-OH is 1. The zero-order chi connectivity index (χ0) is 16.5. The normalized spacial score (nSPS) is 22.7. The smallest absolute Gasteiger partial charge is 0.251 e. The number of carbonyl (C=O) groups is 1. The van der Waals surface area contributed by atoms with Crippen LogP contribution in [0, 0.1) is 12.8 Å². The number of sulfonamides is 1. The summed E-state index contributed by atoms with van der Waals surface area (Å²) >= 11 is 0. The molecular formula is C15H22N2O4S. The van der Waals surface area contributed by atoms with Gasteiger partial charge in [0.1, 0.15) is 0 Å². The third kappa shape index (κ3) is 3.66. The van der Waals surface area contributed by atoms with Crippen LogP contribution in [0.2, 0.25) is 0 Å². The molecule has 0 saturated heterocycles. The third-order valence-electron chi connectivity index (χ3n) is 4.26. The van der Waals surface area contributed by atoms with E-state index in [1.54, 1.807) is 13.0 Å². The van der Waals surface area contributed by atoms with Crippen molar-refractivity contribution < 1.29 is 18.3 Å². The van der Waals surface area contributed by atoms with Gasteiger partial charge in [-0.25, -0.2) is 13.6 Å². The van der Waals surface area contributed by atoms with E-state index in [4.69, 9.17) is 5.14 Å². The molecule has 1 saturated carbocycles. The number of rotatable bonds is 5. The van der Waals surface area contributed by atoms with Crippen LogP contribution in [0.1, 0.15) is 42.1 Å². The van der Waals surface area contributed by atoms with E-state index in [9.17, 15) is 18.3 Å². The highest BCUT2D eigenvalue weighted by atomic mass is 32.2. The van der Waals surface area contributed by atoms with E-state index in [2.05, 4.69) is 5.32 Å². The lowest BCUT2D eigenvalue weighted by molar-refractivity contribution is 0.0232. The van der Waals surface area contributed by atoms with Crippen LogP contribution in [0.4, 0.5) is 0 Å². The van der Waals surface area contributed by atoms with Crippen LogP contribution < -0.4 is 10.5 Å². The van der Waals surface area contributed by atoms with Crippen molar-refractivity contribution in [1.82, 2.24) is 5.32 Å². The van der Waals surface area contributed by atoms with Gasteiger partial charge in [0.25, 0.3) is 5.91 Å². The summed E-state index contributed by atoms with van der Waals surface area (Å²) in [5.74, 6) is -0.0399. The molecule has 0 bridgehead atoms. The fourth-order valence-electron chi connectivity index (χ4n) is 2.78. The Morgan fingerprint density at radius 2 is 2.09 bits per heavy atom. The van der Waals surface area contributed by atoms with Gasteiger partial charge in [-0.15, -0.1) is 0 Å². The highest BCUT2D eigenvalue weighted by molar-refractivity contribution is 7.89. The third-order valence-corrected chi connectivity index (χ3v) is 5.17. The van der Waals surface area contributed by atoms with Crippen molar-refractivity contribution >= 4 is 15.9 Å². The van der Waals surface area contributed by atoms with Crippen LogP contribution in [-0.4, -0.2) is 31.6 Å². The Morgan fingerprint density at radius 3 is 2.59 bits per heavy atom. The highest BCUT2D eigenvalue weighted by Gasteiger charge is 2.34. The van der Waals surface area contributed by atoms with E-state index in [0.29, 0.717) is 24.0 Å². The molecule has 1 aliphatic carbocycles. The molecule has 0 spiro atoms. The molecule has 122 valence electrons. The van der Waals surface area contributed by atoms with Crippen molar-refractivity contribution in [2.75, 3.05) is 0 Å². The fourth-order valence-corrected chi connectivity index (χ4v) is 3.32. The summed E-state index contributed by atoms with van der Waals surface area (Å²) in [6.07, 6.45) is 1.87. The van der Waals surface area contributed by atoms with Gasteiger partial charge in [0.2, 0.25) is 10.0 Å². The number of amides is 1. The number of aliphatic hydroxyl groups is 1. The summed E-state index contributed by atoms with van der Waals surface area (Å²) in [5.41, 5.74) is 0.998. The van der Waals surface area contributed by atoms with Crippen LogP contribution >= 0.6 is 0 Å². The minimum Gasteiger partial charge on any atom is -0.393 e. The van der Waals surface area contributed by atoms with Gasteiger partial charge in [-0.05, 0) is 49.8 Å². The van der Waals surface area contributed by atoms with Crippen LogP contribution in [0.25, 0.3) is 0 Å². The van der Waals surface area contributed by atoms with E-state index in [1.165, 1.54) is 12.1 Å². The first-order chi connectivity index (χ1) is 10.2. The molecule has 1 aromatic rings. The van der Waals surface area contributed by atoms with Gasteiger partial charge in [-0.1, -0.05) is 13.0 Å². The maximum absolute atomic E-state index is 12.4. The van der Waals surface area contributed by atoms with Crippen molar-refractivity contribution in [3.63, 3.8) is 0 Å². The number of benzene rings is 1.